The van der Waals surface area contributed by atoms with Crippen LogP contribution in [0.2, 0.25) is 0 Å². The minimum Gasteiger partial charge on any atom is -0.508 e. The van der Waals surface area contributed by atoms with E-state index in [4.69, 9.17) is 9.84 Å². The number of rotatable bonds is 3. The monoisotopic (exact) mass is 251 g/mol. The van der Waals surface area contributed by atoms with Gasteiger partial charge in [0.15, 0.2) is 0 Å². The lowest BCUT2D eigenvalue weighted by molar-refractivity contribution is -0.138. The molecule has 1 saturated heterocycles. The summed E-state index contributed by atoms with van der Waals surface area (Å²) in [5.74, 6) is -1.63. The maximum atomic E-state index is 11.0. The number of ether oxygens (including phenoxy) is 1. The van der Waals surface area contributed by atoms with Crippen LogP contribution in [0.3, 0.4) is 0 Å². The lowest BCUT2D eigenvalue weighted by Gasteiger charge is -2.29. The Morgan fingerprint density at radius 1 is 1.39 bits per heavy atom. The van der Waals surface area contributed by atoms with E-state index < -0.39 is 11.9 Å². The highest BCUT2D eigenvalue weighted by atomic mass is 16.5. The van der Waals surface area contributed by atoms with Crippen molar-refractivity contribution in [1.29, 1.82) is 0 Å². The molecule has 0 radical (unpaired) electrons. The average Bonchev–Trinajstić information content (AvgIpc) is 2.39. The first-order valence-electron chi connectivity index (χ1n) is 5.98. The van der Waals surface area contributed by atoms with Crippen molar-refractivity contribution in [3.63, 3.8) is 0 Å². The summed E-state index contributed by atoms with van der Waals surface area (Å²) in [6, 6.07) is 5.11. The third kappa shape index (κ3) is 2.56. The Kier molecular flexibility index (Phi) is 3.72. The van der Waals surface area contributed by atoms with E-state index in [9.17, 15) is 9.90 Å². The normalized spacial score (nSPS) is 17.5. The van der Waals surface area contributed by atoms with Crippen LogP contribution in [0.15, 0.2) is 18.2 Å². The molecule has 0 amide bonds. The molecular formula is C13H17NO4. The van der Waals surface area contributed by atoms with Gasteiger partial charge in [0.25, 0.3) is 0 Å². The van der Waals surface area contributed by atoms with Gasteiger partial charge in [-0.05, 0) is 25.1 Å². The number of hydrogen-bond donors (Lipinski definition) is 2. The molecule has 1 atom stereocenters. The van der Waals surface area contributed by atoms with E-state index in [2.05, 4.69) is 4.90 Å². The molecular weight excluding hydrogens is 234 g/mol. The number of morpholine rings is 1. The number of aromatic hydroxyl groups is 1. The predicted octanol–water partition coefficient (Wildman–Crippen LogP) is 1.42. The van der Waals surface area contributed by atoms with Crippen LogP contribution in [0.5, 0.6) is 5.75 Å². The zero-order valence-corrected chi connectivity index (χ0v) is 10.3. The molecule has 1 aliphatic rings. The molecule has 5 nitrogen and oxygen atoms in total. The summed E-state index contributed by atoms with van der Waals surface area (Å²) in [6.07, 6.45) is 0. The molecule has 1 aromatic carbocycles. The predicted molar refractivity (Wildman–Crippen MR) is 67.2 cm³/mol. The largest absolute Gasteiger partial charge is 0.508 e. The van der Waals surface area contributed by atoms with Crippen molar-refractivity contribution in [2.75, 3.05) is 31.2 Å². The summed E-state index contributed by atoms with van der Waals surface area (Å²) in [6.45, 7) is 4.48. The fourth-order valence-electron chi connectivity index (χ4n) is 2.04. The van der Waals surface area contributed by atoms with Crippen molar-refractivity contribution < 1.29 is 19.7 Å². The molecule has 0 aromatic heterocycles. The first kappa shape index (κ1) is 12.7. The number of nitrogens with zero attached hydrogens (tertiary/aromatic N) is 1. The summed E-state index contributed by atoms with van der Waals surface area (Å²) in [5, 5.41) is 18.8. The highest BCUT2D eigenvalue weighted by Crippen LogP contribution is 2.30. The maximum Gasteiger partial charge on any atom is 0.310 e. The Labute approximate surface area is 106 Å². The van der Waals surface area contributed by atoms with E-state index in [1.165, 1.54) is 0 Å². The number of phenolic OH excluding ortho intramolecular Hbond substituents is 1. The van der Waals surface area contributed by atoms with Crippen molar-refractivity contribution in [2.45, 2.75) is 12.8 Å². The van der Waals surface area contributed by atoms with Gasteiger partial charge in [-0.15, -0.1) is 0 Å². The van der Waals surface area contributed by atoms with Gasteiger partial charge >= 0.3 is 5.97 Å². The summed E-state index contributed by atoms with van der Waals surface area (Å²) in [5.41, 5.74) is 1.38. The second-order valence-electron chi connectivity index (χ2n) is 4.40. The second kappa shape index (κ2) is 5.27. The summed E-state index contributed by atoms with van der Waals surface area (Å²) >= 11 is 0. The first-order chi connectivity index (χ1) is 8.59. The molecule has 0 aliphatic carbocycles. The Morgan fingerprint density at radius 3 is 2.67 bits per heavy atom. The fourth-order valence-corrected chi connectivity index (χ4v) is 2.04. The van der Waals surface area contributed by atoms with Crippen molar-refractivity contribution >= 4 is 11.7 Å². The molecule has 2 N–H and O–H groups in total. The minimum absolute atomic E-state index is 0.0295. The summed E-state index contributed by atoms with van der Waals surface area (Å²) < 4.78 is 5.28. The topological polar surface area (TPSA) is 70.0 Å². The number of anilines is 1. The van der Waals surface area contributed by atoms with Crippen molar-refractivity contribution in [3.8, 4) is 5.75 Å². The Bertz CT molecular complexity index is 441. The number of benzene rings is 1. The van der Waals surface area contributed by atoms with E-state index in [0.717, 1.165) is 18.8 Å². The zero-order valence-electron chi connectivity index (χ0n) is 10.3. The number of hydrogen-bond acceptors (Lipinski definition) is 4. The molecule has 1 heterocycles. The molecule has 98 valence electrons. The van der Waals surface area contributed by atoms with Gasteiger partial charge in [0, 0.05) is 24.3 Å². The molecule has 2 rings (SSSR count). The standard InChI is InChI=1S/C13H17NO4/c1-9(13(16)17)11-8-10(2-3-12(11)15)14-4-6-18-7-5-14/h2-3,8-9,15H,4-7H2,1H3,(H,16,17). The molecule has 18 heavy (non-hydrogen) atoms. The second-order valence-corrected chi connectivity index (χ2v) is 4.40. The molecule has 0 saturated carbocycles. The number of carboxylic acid groups (broad SMARTS) is 1. The van der Waals surface area contributed by atoms with Crippen LogP contribution in [-0.2, 0) is 9.53 Å². The van der Waals surface area contributed by atoms with Crippen LogP contribution in [-0.4, -0.2) is 42.5 Å². The van der Waals surface area contributed by atoms with Gasteiger partial charge in [-0.1, -0.05) is 0 Å². The molecule has 5 heteroatoms. The van der Waals surface area contributed by atoms with Crippen molar-refractivity contribution in [2.24, 2.45) is 0 Å². The van der Waals surface area contributed by atoms with E-state index in [-0.39, 0.29) is 5.75 Å². The molecule has 0 bridgehead atoms. The lowest BCUT2D eigenvalue weighted by atomic mass is 9.99. The summed E-state index contributed by atoms with van der Waals surface area (Å²) in [4.78, 5) is 13.1. The van der Waals surface area contributed by atoms with Gasteiger partial charge in [0.1, 0.15) is 5.75 Å². The van der Waals surface area contributed by atoms with Crippen LogP contribution in [0, 0.1) is 0 Å². The highest BCUT2D eigenvalue weighted by Gasteiger charge is 2.20. The van der Waals surface area contributed by atoms with Crippen molar-refractivity contribution in [1.82, 2.24) is 0 Å². The van der Waals surface area contributed by atoms with Gasteiger partial charge in [-0.2, -0.15) is 0 Å². The lowest BCUT2D eigenvalue weighted by Crippen LogP contribution is -2.36. The zero-order chi connectivity index (χ0) is 13.1. The van der Waals surface area contributed by atoms with Crippen LogP contribution in [0.4, 0.5) is 5.69 Å². The molecule has 1 aromatic rings. The number of phenols is 1. The van der Waals surface area contributed by atoms with Crippen molar-refractivity contribution in [3.05, 3.63) is 23.8 Å². The Balaban J connectivity index is 2.27. The molecule has 1 fully saturated rings. The number of carboxylic acids is 1. The average molecular weight is 251 g/mol. The first-order valence-corrected chi connectivity index (χ1v) is 5.98. The van der Waals surface area contributed by atoms with E-state index in [1.54, 1.807) is 25.1 Å². The SMILES string of the molecule is CC(C(=O)O)c1cc(N2CCOCC2)ccc1O. The molecule has 0 spiro atoms. The van der Waals surface area contributed by atoms with Crippen LogP contribution < -0.4 is 4.90 Å². The third-order valence-electron chi connectivity index (χ3n) is 3.22. The van der Waals surface area contributed by atoms with Crippen LogP contribution in [0.1, 0.15) is 18.4 Å². The van der Waals surface area contributed by atoms with Gasteiger partial charge in [0.05, 0.1) is 19.1 Å². The highest BCUT2D eigenvalue weighted by molar-refractivity contribution is 5.77. The van der Waals surface area contributed by atoms with E-state index in [1.807, 2.05) is 0 Å². The molecule has 1 unspecified atom stereocenters. The smallest absolute Gasteiger partial charge is 0.310 e. The fraction of sp³-hybridized carbons (Fsp3) is 0.462. The minimum atomic E-state index is -0.940. The Morgan fingerprint density at radius 2 is 2.06 bits per heavy atom. The van der Waals surface area contributed by atoms with Gasteiger partial charge < -0.3 is 19.8 Å². The summed E-state index contributed by atoms with van der Waals surface area (Å²) in [7, 11) is 0. The van der Waals surface area contributed by atoms with E-state index >= 15 is 0 Å². The quantitative estimate of drug-likeness (QED) is 0.850. The maximum absolute atomic E-state index is 11.0. The third-order valence-corrected chi connectivity index (χ3v) is 3.22. The number of carbonyl (C=O) groups is 1. The van der Waals surface area contributed by atoms with Gasteiger partial charge in [-0.25, -0.2) is 0 Å². The number of aliphatic carboxylic acids is 1. The molecule has 1 aliphatic heterocycles. The van der Waals surface area contributed by atoms with Gasteiger partial charge in [-0.3, -0.25) is 4.79 Å². The Hall–Kier alpha value is -1.75. The van der Waals surface area contributed by atoms with Crippen LogP contribution >= 0.6 is 0 Å². The van der Waals surface area contributed by atoms with E-state index in [0.29, 0.717) is 18.8 Å². The van der Waals surface area contributed by atoms with Crippen LogP contribution in [0.25, 0.3) is 0 Å². The van der Waals surface area contributed by atoms with Gasteiger partial charge in [0.2, 0.25) is 0 Å².